The molecule has 0 bridgehead atoms. The highest BCUT2D eigenvalue weighted by Crippen LogP contribution is 2.33. The van der Waals surface area contributed by atoms with E-state index in [1.807, 2.05) is 53.2 Å². The highest BCUT2D eigenvalue weighted by Gasteiger charge is 2.28. The first kappa shape index (κ1) is 18.3. The monoisotopic (exact) mass is 405 g/mol. The zero-order valence-corrected chi connectivity index (χ0v) is 16.5. The summed E-state index contributed by atoms with van der Waals surface area (Å²) >= 11 is 0. The average Bonchev–Trinajstić information content (AvgIpc) is 3.45. The smallest absolute Gasteiger partial charge is 0.280 e. The van der Waals surface area contributed by atoms with E-state index in [0.29, 0.717) is 36.3 Å². The van der Waals surface area contributed by atoms with Gasteiger partial charge in [-0.1, -0.05) is 34.6 Å². The van der Waals surface area contributed by atoms with Crippen molar-refractivity contribution in [1.29, 1.82) is 0 Å². The molecule has 0 spiro atoms. The Bertz CT molecular complexity index is 1190. The molecule has 0 saturated heterocycles. The van der Waals surface area contributed by atoms with Crippen LogP contribution in [0.25, 0.3) is 23.0 Å². The molecule has 0 saturated carbocycles. The van der Waals surface area contributed by atoms with Crippen LogP contribution in [0.5, 0.6) is 11.5 Å². The van der Waals surface area contributed by atoms with Crippen molar-refractivity contribution in [1.82, 2.24) is 25.1 Å². The van der Waals surface area contributed by atoms with Gasteiger partial charge in [-0.05, 0) is 29.8 Å². The first-order valence-corrected chi connectivity index (χ1v) is 9.42. The average molecular weight is 405 g/mol. The third-order valence-corrected chi connectivity index (χ3v) is 5.04. The molecule has 0 aliphatic carbocycles. The van der Waals surface area contributed by atoms with E-state index in [-0.39, 0.29) is 6.10 Å². The number of fused-ring (bicyclic) bond motifs is 1. The molecular weight excluding hydrogens is 386 g/mol. The van der Waals surface area contributed by atoms with E-state index >= 15 is 0 Å². The van der Waals surface area contributed by atoms with Crippen molar-refractivity contribution in [3.8, 4) is 34.5 Å². The Kier molecular flexibility index (Phi) is 4.64. The van der Waals surface area contributed by atoms with Gasteiger partial charge < -0.3 is 18.7 Å². The molecule has 9 heteroatoms. The summed E-state index contributed by atoms with van der Waals surface area (Å²) in [6.07, 6.45) is -0.144. The van der Waals surface area contributed by atoms with Gasteiger partial charge in [-0.3, -0.25) is 0 Å². The molecule has 0 N–H and O–H groups in total. The van der Waals surface area contributed by atoms with Gasteiger partial charge in [0.15, 0.2) is 5.69 Å². The second kappa shape index (κ2) is 7.60. The lowest BCUT2D eigenvalue weighted by Crippen LogP contribution is -2.22. The number of nitrogens with zero attached hydrogens (tertiary/aromatic N) is 5. The van der Waals surface area contributed by atoms with Crippen molar-refractivity contribution in [3.63, 3.8) is 0 Å². The van der Waals surface area contributed by atoms with Gasteiger partial charge in [0.25, 0.3) is 5.89 Å². The lowest BCUT2D eigenvalue weighted by Gasteiger charge is -2.24. The van der Waals surface area contributed by atoms with Crippen LogP contribution < -0.4 is 9.47 Å². The third kappa shape index (κ3) is 3.18. The minimum Gasteiger partial charge on any atom is -0.497 e. The molecule has 0 amide bonds. The standard InChI is InChI=1S/C21H19N5O4/c1-27-14-7-5-6-13(10-14)18-11-26-16(12-29-18)19(23-25-26)21-22-20(24-30-21)15-8-3-4-9-17(15)28-2/h3-10,18H,11-12H2,1-2H3/t18-/m0/s1. The maximum atomic E-state index is 6.07. The van der Waals surface area contributed by atoms with Crippen LogP contribution >= 0.6 is 0 Å². The van der Waals surface area contributed by atoms with Crippen molar-refractivity contribution in [2.24, 2.45) is 0 Å². The quantitative estimate of drug-likeness (QED) is 0.499. The predicted molar refractivity (Wildman–Crippen MR) is 106 cm³/mol. The van der Waals surface area contributed by atoms with Gasteiger partial charge in [0.1, 0.15) is 17.6 Å². The van der Waals surface area contributed by atoms with Crippen LogP contribution in [0.1, 0.15) is 17.4 Å². The summed E-state index contributed by atoms with van der Waals surface area (Å²) in [5.41, 5.74) is 3.08. The van der Waals surface area contributed by atoms with Gasteiger partial charge in [0.05, 0.1) is 38.6 Å². The lowest BCUT2D eigenvalue weighted by atomic mass is 10.1. The molecule has 1 aliphatic rings. The minimum atomic E-state index is -0.144. The number of hydrogen-bond acceptors (Lipinski definition) is 8. The maximum absolute atomic E-state index is 6.07. The third-order valence-electron chi connectivity index (χ3n) is 5.04. The van der Waals surface area contributed by atoms with Crippen LogP contribution in [0.15, 0.2) is 53.1 Å². The highest BCUT2D eigenvalue weighted by molar-refractivity contribution is 5.65. The van der Waals surface area contributed by atoms with E-state index in [0.717, 1.165) is 22.6 Å². The number of rotatable bonds is 5. The maximum Gasteiger partial charge on any atom is 0.280 e. The molecule has 1 atom stereocenters. The van der Waals surface area contributed by atoms with Gasteiger partial charge >= 0.3 is 0 Å². The number of benzene rings is 2. The Morgan fingerprint density at radius 2 is 1.97 bits per heavy atom. The zero-order valence-electron chi connectivity index (χ0n) is 16.5. The summed E-state index contributed by atoms with van der Waals surface area (Å²) in [4.78, 5) is 4.49. The summed E-state index contributed by atoms with van der Waals surface area (Å²) in [6.45, 7) is 0.861. The van der Waals surface area contributed by atoms with E-state index in [2.05, 4.69) is 20.5 Å². The summed E-state index contributed by atoms with van der Waals surface area (Å²) in [5.74, 6) is 2.17. The minimum absolute atomic E-state index is 0.144. The van der Waals surface area contributed by atoms with Crippen LogP contribution in [0.2, 0.25) is 0 Å². The van der Waals surface area contributed by atoms with Crippen molar-refractivity contribution < 1.29 is 18.7 Å². The zero-order chi connectivity index (χ0) is 20.5. The Morgan fingerprint density at radius 1 is 1.07 bits per heavy atom. The van der Waals surface area contributed by atoms with Crippen molar-refractivity contribution >= 4 is 0 Å². The highest BCUT2D eigenvalue weighted by atomic mass is 16.5. The molecule has 0 unspecified atom stereocenters. The lowest BCUT2D eigenvalue weighted by molar-refractivity contribution is -0.00127. The van der Waals surface area contributed by atoms with E-state index in [1.54, 1.807) is 14.2 Å². The fourth-order valence-corrected chi connectivity index (χ4v) is 3.48. The van der Waals surface area contributed by atoms with Crippen LogP contribution in [0.3, 0.4) is 0 Å². The summed E-state index contributed by atoms with van der Waals surface area (Å²) in [7, 11) is 3.25. The fraction of sp³-hybridized carbons (Fsp3) is 0.238. The number of aromatic nitrogens is 5. The number of hydrogen-bond donors (Lipinski definition) is 0. The molecule has 0 radical (unpaired) electrons. The molecule has 9 nitrogen and oxygen atoms in total. The normalized spacial score (nSPS) is 15.6. The summed E-state index contributed by atoms with van der Waals surface area (Å²) in [6, 6.07) is 15.3. The summed E-state index contributed by atoms with van der Waals surface area (Å²) in [5, 5.41) is 12.6. The first-order chi connectivity index (χ1) is 14.8. The Labute approximate surface area is 172 Å². The van der Waals surface area contributed by atoms with Crippen molar-refractivity contribution in [2.75, 3.05) is 14.2 Å². The molecule has 5 rings (SSSR count). The van der Waals surface area contributed by atoms with Gasteiger partial charge in [-0.2, -0.15) is 4.98 Å². The molecule has 1 aliphatic heterocycles. The molecular formula is C21H19N5O4. The molecule has 4 aromatic rings. The molecule has 2 aromatic heterocycles. The first-order valence-electron chi connectivity index (χ1n) is 9.42. The molecule has 0 fully saturated rings. The van der Waals surface area contributed by atoms with Crippen LogP contribution in [-0.2, 0) is 17.9 Å². The van der Waals surface area contributed by atoms with Gasteiger partial charge in [-0.25, -0.2) is 4.68 Å². The molecule has 152 valence electrons. The number of methoxy groups -OCH3 is 2. The van der Waals surface area contributed by atoms with Gasteiger partial charge in [-0.15, -0.1) is 5.10 Å². The Hall–Kier alpha value is -3.72. The Balaban J connectivity index is 1.42. The SMILES string of the molecule is COc1cccc([C@@H]2Cn3nnc(-c4nc(-c5ccccc5OC)no4)c3CO2)c1. The van der Waals surface area contributed by atoms with Gasteiger partial charge in [0.2, 0.25) is 5.82 Å². The van der Waals surface area contributed by atoms with Crippen LogP contribution in [0, 0.1) is 0 Å². The van der Waals surface area contributed by atoms with Crippen molar-refractivity contribution in [2.45, 2.75) is 19.3 Å². The predicted octanol–water partition coefficient (Wildman–Crippen LogP) is 3.28. The topological polar surface area (TPSA) is 97.3 Å². The Morgan fingerprint density at radius 3 is 2.83 bits per heavy atom. The molecule has 2 aromatic carbocycles. The van der Waals surface area contributed by atoms with E-state index in [1.165, 1.54) is 0 Å². The largest absolute Gasteiger partial charge is 0.497 e. The van der Waals surface area contributed by atoms with E-state index in [9.17, 15) is 0 Å². The van der Waals surface area contributed by atoms with E-state index < -0.39 is 0 Å². The second-order valence-corrected chi connectivity index (χ2v) is 6.77. The second-order valence-electron chi connectivity index (χ2n) is 6.77. The fourth-order valence-electron chi connectivity index (χ4n) is 3.48. The summed E-state index contributed by atoms with van der Waals surface area (Å²) < 4.78 is 24.0. The number of para-hydroxylation sites is 1. The van der Waals surface area contributed by atoms with Crippen molar-refractivity contribution in [3.05, 3.63) is 59.8 Å². The molecule has 3 heterocycles. The van der Waals surface area contributed by atoms with Gasteiger partial charge in [0, 0.05) is 0 Å². The van der Waals surface area contributed by atoms with E-state index in [4.69, 9.17) is 18.7 Å². The van der Waals surface area contributed by atoms with Crippen LogP contribution in [0.4, 0.5) is 0 Å². The number of ether oxygens (including phenoxy) is 3. The molecule has 30 heavy (non-hydrogen) atoms. The van der Waals surface area contributed by atoms with Crippen LogP contribution in [-0.4, -0.2) is 39.4 Å².